The van der Waals surface area contributed by atoms with Crippen LogP contribution in [-0.4, -0.2) is 15.1 Å². The van der Waals surface area contributed by atoms with Gasteiger partial charge in [0.2, 0.25) is 5.89 Å². The Bertz CT molecular complexity index is 921. The topological polar surface area (TPSA) is 77.8 Å². The van der Waals surface area contributed by atoms with Gasteiger partial charge in [0.15, 0.2) is 5.82 Å². The van der Waals surface area contributed by atoms with Crippen molar-refractivity contribution in [3.05, 3.63) is 53.1 Å². The highest BCUT2D eigenvalue weighted by molar-refractivity contribution is 7.18. The number of benzene rings is 1. The summed E-state index contributed by atoms with van der Waals surface area (Å²) >= 11 is 1.77. The minimum absolute atomic E-state index is 0.173. The van der Waals surface area contributed by atoms with E-state index in [0.717, 1.165) is 49.0 Å². The molecular weight excluding hydrogens is 344 g/mol. The van der Waals surface area contributed by atoms with Crippen LogP contribution in [0.15, 0.2) is 40.9 Å². The summed E-state index contributed by atoms with van der Waals surface area (Å²) in [6.45, 7) is 0. The summed E-state index contributed by atoms with van der Waals surface area (Å²) in [6, 6.07) is 8.31. The molecule has 2 aliphatic carbocycles. The van der Waals surface area contributed by atoms with Gasteiger partial charge in [0.1, 0.15) is 0 Å². The third-order valence-electron chi connectivity index (χ3n) is 5.76. The van der Waals surface area contributed by atoms with Crippen molar-refractivity contribution >= 4 is 21.6 Å². The molecule has 1 saturated carbocycles. The Kier molecular flexibility index (Phi) is 3.90. The molecule has 0 bridgehead atoms. The first-order chi connectivity index (χ1) is 12.7. The SMILES string of the molecule is NC1(c2noc(C3CC=CCC3c3nc4ccccc4s3)n2)CCCC1. The molecule has 5 nitrogen and oxygen atoms in total. The van der Waals surface area contributed by atoms with Crippen molar-refractivity contribution in [2.45, 2.75) is 55.9 Å². The molecule has 2 aromatic heterocycles. The Balaban J connectivity index is 1.48. The standard InChI is InChI=1S/C20H22N4OS/c21-20(11-5-6-12-20)19-23-17(25-24-19)13-7-1-2-8-14(13)18-22-15-9-3-4-10-16(15)26-18/h1-4,9-10,13-14H,5-8,11-12,21H2. The normalized spacial score (nSPS) is 25.1. The quantitative estimate of drug-likeness (QED) is 0.684. The van der Waals surface area contributed by atoms with Crippen LogP contribution in [0.2, 0.25) is 0 Å². The van der Waals surface area contributed by atoms with Crippen molar-refractivity contribution in [3.63, 3.8) is 0 Å². The molecule has 3 aromatic rings. The largest absolute Gasteiger partial charge is 0.339 e. The van der Waals surface area contributed by atoms with Crippen LogP contribution in [-0.2, 0) is 5.54 Å². The molecule has 2 unspecified atom stereocenters. The first-order valence-corrected chi connectivity index (χ1v) is 10.2. The van der Waals surface area contributed by atoms with Gasteiger partial charge in [0.25, 0.3) is 0 Å². The van der Waals surface area contributed by atoms with Crippen molar-refractivity contribution in [1.29, 1.82) is 0 Å². The molecule has 6 heteroatoms. The third-order valence-corrected chi connectivity index (χ3v) is 6.93. The number of nitrogens with two attached hydrogens (primary N) is 1. The maximum absolute atomic E-state index is 6.51. The van der Waals surface area contributed by atoms with E-state index in [0.29, 0.717) is 11.7 Å². The molecule has 5 rings (SSSR count). The van der Waals surface area contributed by atoms with E-state index in [4.69, 9.17) is 20.2 Å². The molecule has 2 aliphatic rings. The molecule has 2 atom stereocenters. The number of para-hydroxylation sites is 1. The van der Waals surface area contributed by atoms with Crippen LogP contribution < -0.4 is 5.73 Å². The molecule has 0 amide bonds. The molecule has 0 spiro atoms. The van der Waals surface area contributed by atoms with Gasteiger partial charge < -0.3 is 10.3 Å². The molecule has 1 fully saturated rings. The smallest absolute Gasteiger partial charge is 0.230 e. The number of nitrogens with zero attached hydrogens (tertiary/aromatic N) is 3. The van der Waals surface area contributed by atoms with Gasteiger partial charge in [-0.05, 0) is 37.8 Å². The highest BCUT2D eigenvalue weighted by Crippen LogP contribution is 2.44. The van der Waals surface area contributed by atoms with Gasteiger partial charge in [0, 0.05) is 5.92 Å². The van der Waals surface area contributed by atoms with Crippen LogP contribution in [0.3, 0.4) is 0 Å². The van der Waals surface area contributed by atoms with Crippen molar-refractivity contribution in [3.8, 4) is 0 Å². The number of thiazole rings is 1. The number of rotatable bonds is 3. The monoisotopic (exact) mass is 366 g/mol. The second-order valence-electron chi connectivity index (χ2n) is 7.50. The highest BCUT2D eigenvalue weighted by atomic mass is 32.1. The average molecular weight is 366 g/mol. The second kappa shape index (κ2) is 6.28. The summed E-state index contributed by atoms with van der Waals surface area (Å²) < 4.78 is 6.94. The Labute approximate surface area is 156 Å². The summed E-state index contributed by atoms with van der Waals surface area (Å²) in [6.07, 6.45) is 10.5. The highest BCUT2D eigenvalue weighted by Gasteiger charge is 2.38. The summed E-state index contributed by atoms with van der Waals surface area (Å²) in [7, 11) is 0. The summed E-state index contributed by atoms with van der Waals surface area (Å²) in [5.74, 6) is 1.85. The lowest BCUT2D eigenvalue weighted by molar-refractivity contribution is 0.317. The lowest BCUT2D eigenvalue weighted by Crippen LogP contribution is -2.34. The maximum atomic E-state index is 6.51. The van der Waals surface area contributed by atoms with Gasteiger partial charge in [-0.15, -0.1) is 11.3 Å². The zero-order chi connectivity index (χ0) is 17.6. The molecule has 2 N–H and O–H groups in total. The lowest BCUT2D eigenvalue weighted by atomic mass is 9.83. The van der Waals surface area contributed by atoms with E-state index in [1.54, 1.807) is 11.3 Å². The van der Waals surface area contributed by atoms with E-state index in [2.05, 4.69) is 35.5 Å². The fraction of sp³-hybridized carbons (Fsp3) is 0.450. The van der Waals surface area contributed by atoms with E-state index in [9.17, 15) is 0 Å². The number of fused-ring (bicyclic) bond motifs is 1. The van der Waals surface area contributed by atoms with Crippen molar-refractivity contribution in [1.82, 2.24) is 15.1 Å². The van der Waals surface area contributed by atoms with E-state index in [1.165, 1.54) is 4.70 Å². The number of aromatic nitrogens is 3. The van der Waals surface area contributed by atoms with E-state index < -0.39 is 5.54 Å². The van der Waals surface area contributed by atoms with Crippen LogP contribution in [0, 0.1) is 0 Å². The molecule has 0 radical (unpaired) electrons. The predicted octanol–water partition coefficient (Wildman–Crippen LogP) is 4.62. The second-order valence-corrected chi connectivity index (χ2v) is 8.56. The van der Waals surface area contributed by atoms with Crippen LogP contribution >= 0.6 is 11.3 Å². The van der Waals surface area contributed by atoms with Gasteiger partial charge in [0.05, 0.1) is 26.7 Å². The zero-order valence-corrected chi connectivity index (χ0v) is 15.4. The number of allylic oxidation sites excluding steroid dienone is 2. The Morgan fingerprint density at radius 2 is 1.81 bits per heavy atom. The summed E-state index contributed by atoms with van der Waals surface area (Å²) in [5.41, 5.74) is 7.17. The Hall–Kier alpha value is -2.05. The molecule has 134 valence electrons. The molecule has 2 heterocycles. The minimum Gasteiger partial charge on any atom is -0.339 e. The lowest BCUT2D eigenvalue weighted by Gasteiger charge is -2.23. The molecule has 26 heavy (non-hydrogen) atoms. The van der Waals surface area contributed by atoms with E-state index >= 15 is 0 Å². The predicted molar refractivity (Wildman–Crippen MR) is 102 cm³/mol. The molecule has 0 saturated heterocycles. The first kappa shape index (κ1) is 16.1. The van der Waals surface area contributed by atoms with Gasteiger partial charge in [-0.3, -0.25) is 0 Å². The summed E-state index contributed by atoms with van der Waals surface area (Å²) in [4.78, 5) is 9.64. The van der Waals surface area contributed by atoms with Gasteiger partial charge in [-0.2, -0.15) is 4.98 Å². The van der Waals surface area contributed by atoms with Gasteiger partial charge in [-0.25, -0.2) is 4.98 Å². The Morgan fingerprint density at radius 3 is 2.62 bits per heavy atom. The van der Waals surface area contributed by atoms with E-state index in [-0.39, 0.29) is 11.8 Å². The van der Waals surface area contributed by atoms with E-state index in [1.807, 2.05) is 6.07 Å². The molecular formula is C20H22N4OS. The van der Waals surface area contributed by atoms with Crippen molar-refractivity contribution in [2.75, 3.05) is 0 Å². The van der Waals surface area contributed by atoms with Crippen LogP contribution in [0.4, 0.5) is 0 Å². The fourth-order valence-electron chi connectivity index (χ4n) is 4.23. The van der Waals surface area contributed by atoms with Gasteiger partial charge in [-0.1, -0.05) is 42.3 Å². The molecule has 0 aliphatic heterocycles. The van der Waals surface area contributed by atoms with Crippen LogP contribution in [0.25, 0.3) is 10.2 Å². The summed E-state index contributed by atoms with van der Waals surface area (Å²) in [5, 5.41) is 5.42. The zero-order valence-electron chi connectivity index (χ0n) is 14.6. The maximum Gasteiger partial charge on any atom is 0.230 e. The number of hydrogen-bond donors (Lipinski definition) is 1. The van der Waals surface area contributed by atoms with Gasteiger partial charge >= 0.3 is 0 Å². The average Bonchev–Trinajstić information content (AvgIpc) is 3.41. The third kappa shape index (κ3) is 2.68. The van der Waals surface area contributed by atoms with Crippen LogP contribution in [0.1, 0.15) is 67.1 Å². The first-order valence-electron chi connectivity index (χ1n) is 9.36. The minimum atomic E-state index is -0.405. The van der Waals surface area contributed by atoms with Crippen molar-refractivity contribution < 1.29 is 4.52 Å². The van der Waals surface area contributed by atoms with Crippen molar-refractivity contribution in [2.24, 2.45) is 5.73 Å². The Morgan fingerprint density at radius 1 is 1.04 bits per heavy atom. The van der Waals surface area contributed by atoms with Crippen LogP contribution in [0.5, 0.6) is 0 Å². The fourth-order valence-corrected chi connectivity index (χ4v) is 5.37. The molecule has 1 aromatic carbocycles. The number of hydrogen-bond acceptors (Lipinski definition) is 6.